The molecule has 21 heavy (non-hydrogen) atoms. The van der Waals surface area contributed by atoms with Gasteiger partial charge in [0.1, 0.15) is 5.82 Å². The fraction of sp³-hybridized carbons (Fsp3) is 0.143. The first-order chi connectivity index (χ1) is 9.97. The maximum absolute atomic E-state index is 14.0. The van der Waals surface area contributed by atoms with Gasteiger partial charge in [-0.3, -0.25) is 0 Å². The lowest BCUT2D eigenvalue weighted by atomic mass is 10.1. The first-order valence-electron chi connectivity index (χ1n) is 5.76. The molecule has 4 nitrogen and oxygen atoms in total. The summed E-state index contributed by atoms with van der Waals surface area (Å²) in [6.07, 6.45) is 0. The largest absolute Gasteiger partial charge is 0.494 e. The van der Waals surface area contributed by atoms with Gasteiger partial charge in [-0.05, 0) is 18.2 Å². The van der Waals surface area contributed by atoms with Gasteiger partial charge in [-0.1, -0.05) is 11.6 Å². The fourth-order valence-electron chi connectivity index (χ4n) is 1.71. The molecule has 0 aliphatic carbocycles. The molecule has 0 N–H and O–H groups in total. The van der Waals surface area contributed by atoms with Crippen LogP contribution in [0.1, 0.15) is 10.5 Å². The molecule has 0 aliphatic rings. The van der Waals surface area contributed by atoms with Crippen LogP contribution in [-0.4, -0.2) is 25.2 Å². The summed E-state index contributed by atoms with van der Waals surface area (Å²) in [5.74, 6) is -2.47. The van der Waals surface area contributed by atoms with Gasteiger partial charge in [0.15, 0.2) is 17.3 Å². The molecule has 0 saturated heterocycles. The summed E-state index contributed by atoms with van der Waals surface area (Å²) in [4.78, 5) is 15.4. The molecule has 0 fully saturated rings. The van der Waals surface area contributed by atoms with Crippen molar-refractivity contribution >= 4 is 17.6 Å². The van der Waals surface area contributed by atoms with E-state index >= 15 is 0 Å². The van der Waals surface area contributed by atoms with Crippen molar-refractivity contribution in [3.05, 3.63) is 46.6 Å². The summed E-state index contributed by atoms with van der Waals surface area (Å²) in [5, 5.41) is 0.0555. The highest BCUT2D eigenvalue weighted by atomic mass is 35.5. The third-order valence-electron chi connectivity index (χ3n) is 2.74. The molecule has 7 heteroatoms. The number of carbonyl (C=O) groups is 1. The van der Waals surface area contributed by atoms with Crippen LogP contribution < -0.4 is 4.74 Å². The van der Waals surface area contributed by atoms with E-state index in [4.69, 9.17) is 11.6 Å². The number of ether oxygens (including phenoxy) is 2. The molecule has 0 bridgehead atoms. The molecule has 0 spiro atoms. The van der Waals surface area contributed by atoms with E-state index in [0.717, 1.165) is 12.1 Å². The van der Waals surface area contributed by atoms with Crippen LogP contribution in [0.3, 0.4) is 0 Å². The van der Waals surface area contributed by atoms with Crippen molar-refractivity contribution in [3.63, 3.8) is 0 Å². The van der Waals surface area contributed by atoms with E-state index in [1.807, 2.05) is 0 Å². The van der Waals surface area contributed by atoms with Gasteiger partial charge in [0.25, 0.3) is 0 Å². The standard InChI is InChI=1S/C14H10ClF2NO3/c1-20-12-6-9(16)7(5-10(12)17)11-4-3-8(15)13(18-11)14(19)21-2/h3-6H,1-2H3. The van der Waals surface area contributed by atoms with Crippen LogP contribution in [0.5, 0.6) is 5.75 Å². The highest BCUT2D eigenvalue weighted by Gasteiger charge is 2.17. The highest BCUT2D eigenvalue weighted by molar-refractivity contribution is 6.33. The van der Waals surface area contributed by atoms with Gasteiger partial charge < -0.3 is 9.47 Å². The third kappa shape index (κ3) is 2.95. The van der Waals surface area contributed by atoms with Gasteiger partial charge >= 0.3 is 5.97 Å². The second-order valence-corrected chi connectivity index (χ2v) is 4.39. The number of aromatic nitrogens is 1. The Kier molecular flexibility index (Phi) is 4.37. The zero-order valence-corrected chi connectivity index (χ0v) is 11.9. The summed E-state index contributed by atoms with van der Waals surface area (Å²) in [6, 6.07) is 4.57. The van der Waals surface area contributed by atoms with Crippen molar-refractivity contribution in [1.82, 2.24) is 4.98 Å². The van der Waals surface area contributed by atoms with Crippen molar-refractivity contribution in [2.24, 2.45) is 0 Å². The Labute approximate surface area is 124 Å². The van der Waals surface area contributed by atoms with Gasteiger partial charge in [0.2, 0.25) is 0 Å². The van der Waals surface area contributed by atoms with E-state index in [-0.39, 0.29) is 27.7 Å². The van der Waals surface area contributed by atoms with Crippen LogP contribution in [0, 0.1) is 11.6 Å². The predicted molar refractivity (Wildman–Crippen MR) is 72.5 cm³/mol. The normalized spacial score (nSPS) is 10.3. The van der Waals surface area contributed by atoms with Crippen LogP contribution >= 0.6 is 11.6 Å². The van der Waals surface area contributed by atoms with E-state index < -0.39 is 17.6 Å². The molecule has 0 saturated carbocycles. The summed E-state index contributed by atoms with van der Waals surface area (Å²) in [7, 11) is 2.40. The smallest absolute Gasteiger partial charge is 0.358 e. The van der Waals surface area contributed by atoms with Crippen molar-refractivity contribution in [2.45, 2.75) is 0 Å². The van der Waals surface area contributed by atoms with Gasteiger partial charge in [-0.15, -0.1) is 0 Å². The minimum atomic E-state index is -0.767. The Balaban J connectivity index is 2.57. The average Bonchev–Trinajstić information content (AvgIpc) is 2.49. The zero-order chi connectivity index (χ0) is 15.6. The Bertz CT molecular complexity index is 707. The molecule has 0 aliphatic heterocycles. The van der Waals surface area contributed by atoms with Crippen LogP contribution in [0.25, 0.3) is 11.3 Å². The lowest BCUT2D eigenvalue weighted by Gasteiger charge is -2.08. The maximum Gasteiger partial charge on any atom is 0.358 e. The van der Waals surface area contributed by atoms with Gasteiger partial charge in [0.05, 0.1) is 24.9 Å². The Morgan fingerprint density at radius 1 is 1.19 bits per heavy atom. The first-order valence-corrected chi connectivity index (χ1v) is 6.14. The summed E-state index contributed by atoms with van der Waals surface area (Å²) >= 11 is 5.82. The molecule has 1 aromatic heterocycles. The van der Waals surface area contributed by atoms with Gasteiger partial charge in [0, 0.05) is 11.6 Å². The van der Waals surface area contributed by atoms with Crippen LogP contribution in [0.4, 0.5) is 8.78 Å². The second kappa shape index (κ2) is 6.05. The minimum Gasteiger partial charge on any atom is -0.494 e. The molecule has 0 unspecified atom stereocenters. The van der Waals surface area contributed by atoms with Gasteiger partial charge in [-0.25, -0.2) is 18.6 Å². The number of benzene rings is 1. The van der Waals surface area contributed by atoms with Crippen LogP contribution in [-0.2, 0) is 4.74 Å². The SMILES string of the molecule is COC(=O)c1nc(-c2cc(F)c(OC)cc2F)ccc1Cl. The number of methoxy groups -OCH3 is 2. The lowest BCUT2D eigenvalue weighted by molar-refractivity contribution is 0.0594. The van der Waals surface area contributed by atoms with Crippen molar-refractivity contribution < 1.29 is 23.0 Å². The van der Waals surface area contributed by atoms with E-state index in [0.29, 0.717) is 0 Å². The second-order valence-electron chi connectivity index (χ2n) is 3.99. The van der Waals surface area contributed by atoms with Crippen molar-refractivity contribution in [2.75, 3.05) is 14.2 Å². The number of hydrogen-bond donors (Lipinski definition) is 0. The molecule has 2 rings (SSSR count). The molecule has 0 atom stereocenters. The summed E-state index contributed by atoms with van der Waals surface area (Å²) < 4.78 is 36.9. The Morgan fingerprint density at radius 2 is 1.90 bits per heavy atom. The van der Waals surface area contributed by atoms with Crippen molar-refractivity contribution in [1.29, 1.82) is 0 Å². The van der Waals surface area contributed by atoms with E-state index in [1.165, 1.54) is 26.4 Å². The minimum absolute atomic E-state index is 0.0545. The molecule has 1 aromatic carbocycles. The summed E-state index contributed by atoms with van der Waals surface area (Å²) in [6.45, 7) is 0. The number of halogens is 3. The number of nitrogens with zero attached hydrogens (tertiary/aromatic N) is 1. The number of pyridine rings is 1. The summed E-state index contributed by atoms with van der Waals surface area (Å²) in [5.41, 5.74) is -0.235. The van der Waals surface area contributed by atoms with Gasteiger partial charge in [-0.2, -0.15) is 0 Å². The molecule has 0 amide bonds. The molecule has 2 aromatic rings. The molecule has 0 radical (unpaired) electrons. The van der Waals surface area contributed by atoms with E-state index in [1.54, 1.807) is 0 Å². The Hall–Kier alpha value is -2.21. The third-order valence-corrected chi connectivity index (χ3v) is 3.05. The molecule has 110 valence electrons. The average molecular weight is 314 g/mol. The van der Waals surface area contributed by atoms with E-state index in [9.17, 15) is 13.6 Å². The number of rotatable bonds is 3. The number of hydrogen-bond acceptors (Lipinski definition) is 4. The topological polar surface area (TPSA) is 48.4 Å². The highest BCUT2D eigenvalue weighted by Crippen LogP contribution is 2.29. The fourth-order valence-corrected chi connectivity index (χ4v) is 1.90. The van der Waals surface area contributed by atoms with Crippen LogP contribution in [0.15, 0.2) is 24.3 Å². The molecule has 1 heterocycles. The monoisotopic (exact) mass is 313 g/mol. The van der Waals surface area contributed by atoms with E-state index in [2.05, 4.69) is 14.5 Å². The first kappa shape index (κ1) is 15.2. The van der Waals surface area contributed by atoms with Crippen molar-refractivity contribution in [3.8, 4) is 17.0 Å². The maximum atomic E-state index is 14.0. The number of esters is 1. The molecular formula is C14H10ClF2NO3. The molecular weight excluding hydrogens is 304 g/mol. The Morgan fingerprint density at radius 3 is 2.52 bits per heavy atom. The van der Waals surface area contributed by atoms with Crippen LogP contribution in [0.2, 0.25) is 5.02 Å². The number of carbonyl (C=O) groups excluding carboxylic acids is 1. The zero-order valence-electron chi connectivity index (χ0n) is 11.1. The predicted octanol–water partition coefficient (Wildman–Crippen LogP) is 3.48. The lowest BCUT2D eigenvalue weighted by Crippen LogP contribution is -2.06. The quantitative estimate of drug-likeness (QED) is 0.814.